The number of rotatable bonds is 6. The SMILES string of the molecule is COc1ccc(C(C)NS(=O)(=O)CCl)c(OC)c1. The quantitative estimate of drug-likeness (QED) is 0.814. The molecule has 0 aliphatic rings. The van der Waals surface area contributed by atoms with Crippen LogP contribution in [0.2, 0.25) is 0 Å². The monoisotopic (exact) mass is 293 g/mol. The number of benzene rings is 1. The Hall–Kier alpha value is -0.980. The van der Waals surface area contributed by atoms with E-state index in [1.54, 1.807) is 32.2 Å². The topological polar surface area (TPSA) is 64.6 Å². The average Bonchev–Trinajstić information content (AvgIpc) is 2.37. The molecule has 1 atom stereocenters. The molecule has 1 N–H and O–H groups in total. The first-order valence-corrected chi connectivity index (χ1v) is 7.40. The summed E-state index contributed by atoms with van der Waals surface area (Å²) in [6.07, 6.45) is 0. The molecule has 0 aliphatic carbocycles. The average molecular weight is 294 g/mol. The van der Waals surface area contributed by atoms with E-state index in [0.29, 0.717) is 17.1 Å². The van der Waals surface area contributed by atoms with Crippen molar-refractivity contribution in [2.75, 3.05) is 19.4 Å². The molecule has 0 radical (unpaired) electrons. The molecule has 0 saturated heterocycles. The highest BCUT2D eigenvalue weighted by atomic mass is 35.5. The van der Waals surface area contributed by atoms with Crippen molar-refractivity contribution in [1.82, 2.24) is 4.72 Å². The Morgan fingerprint density at radius 3 is 2.50 bits per heavy atom. The van der Waals surface area contributed by atoms with Gasteiger partial charge < -0.3 is 9.47 Å². The molecule has 0 heterocycles. The molecule has 1 aromatic carbocycles. The molecular weight excluding hydrogens is 278 g/mol. The van der Waals surface area contributed by atoms with E-state index in [-0.39, 0.29) is 0 Å². The Morgan fingerprint density at radius 2 is 2.00 bits per heavy atom. The van der Waals surface area contributed by atoms with Crippen molar-refractivity contribution in [3.8, 4) is 11.5 Å². The number of alkyl halides is 1. The lowest BCUT2D eigenvalue weighted by Gasteiger charge is -2.17. The van der Waals surface area contributed by atoms with Gasteiger partial charge in [-0.1, -0.05) is 6.07 Å². The fourth-order valence-electron chi connectivity index (χ4n) is 1.54. The summed E-state index contributed by atoms with van der Waals surface area (Å²) in [5, 5.41) is -0.476. The molecular formula is C11H16ClNO4S. The maximum absolute atomic E-state index is 11.4. The zero-order valence-electron chi connectivity index (χ0n) is 10.4. The zero-order chi connectivity index (χ0) is 13.8. The van der Waals surface area contributed by atoms with Gasteiger partial charge in [-0.3, -0.25) is 0 Å². The molecule has 0 saturated carbocycles. The maximum atomic E-state index is 11.4. The largest absolute Gasteiger partial charge is 0.497 e. The van der Waals surface area contributed by atoms with Crippen LogP contribution in [0.1, 0.15) is 18.5 Å². The van der Waals surface area contributed by atoms with Crippen molar-refractivity contribution in [2.45, 2.75) is 13.0 Å². The first-order valence-electron chi connectivity index (χ1n) is 5.21. The Morgan fingerprint density at radius 1 is 1.33 bits per heavy atom. The smallest absolute Gasteiger partial charge is 0.226 e. The van der Waals surface area contributed by atoms with Crippen LogP contribution in [-0.2, 0) is 10.0 Å². The molecule has 0 spiro atoms. The zero-order valence-corrected chi connectivity index (χ0v) is 12.0. The van der Waals surface area contributed by atoms with Crippen molar-refractivity contribution < 1.29 is 17.9 Å². The van der Waals surface area contributed by atoms with Crippen molar-refractivity contribution >= 4 is 21.6 Å². The van der Waals surface area contributed by atoms with Gasteiger partial charge in [-0.05, 0) is 13.0 Å². The molecule has 18 heavy (non-hydrogen) atoms. The molecule has 1 aromatic rings. The first kappa shape index (κ1) is 15.1. The number of ether oxygens (including phenoxy) is 2. The number of hydrogen-bond acceptors (Lipinski definition) is 4. The van der Waals surface area contributed by atoms with Crippen LogP contribution in [0.15, 0.2) is 18.2 Å². The van der Waals surface area contributed by atoms with Gasteiger partial charge >= 0.3 is 0 Å². The van der Waals surface area contributed by atoms with Gasteiger partial charge in [0.05, 0.1) is 14.2 Å². The van der Waals surface area contributed by atoms with Crippen LogP contribution >= 0.6 is 11.6 Å². The Balaban J connectivity index is 3.02. The molecule has 1 rings (SSSR count). The normalized spacial score (nSPS) is 13.1. The molecule has 1 unspecified atom stereocenters. The van der Waals surface area contributed by atoms with Crippen LogP contribution in [0.3, 0.4) is 0 Å². The number of methoxy groups -OCH3 is 2. The second-order valence-corrected chi connectivity index (χ2v) is 6.01. The van der Waals surface area contributed by atoms with Gasteiger partial charge in [0.25, 0.3) is 0 Å². The molecule has 5 nitrogen and oxygen atoms in total. The lowest BCUT2D eigenvalue weighted by atomic mass is 10.1. The third-order valence-corrected chi connectivity index (χ3v) is 4.27. The summed E-state index contributed by atoms with van der Waals surface area (Å²) in [5.41, 5.74) is 0.715. The van der Waals surface area contributed by atoms with E-state index < -0.39 is 21.3 Å². The summed E-state index contributed by atoms with van der Waals surface area (Å²) in [6, 6.07) is 4.75. The van der Waals surface area contributed by atoms with Crippen LogP contribution in [0.5, 0.6) is 11.5 Å². The fourth-order valence-corrected chi connectivity index (χ4v) is 2.46. The second kappa shape index (κ2) is 6.26. The van der Waals surface area contributed by atoms with Crippen molar-refractivity contribution in [1.29, 1.82) is 0 Å². The van der Waals surface area contributed by atoms with Gasteiger partial charge in [-0.2, -0.15) is 0 Å². The van der Waals surface area contributed by atoms with Crippen LogP contribution in [0.4, 0.5) is 0 Å². The predicted octanol–water partition coefficient (Wildman–Crippen LogP) is 1.88. The lowest BCUT2D eigenvalue weighted by Crippen LogP contribution is -2.27. The van der Waals surface area contributed by atoms with E-state index >= 15 is 0 Å². The summed E-state index contributed by atoms with van der Waals surface area (Å²) in [6.45, 7) is 1.72. The van der Waals surface area contributed by atoms with E-state index in [1.807, 2.05) is 0 Å². The molecule has 0 fully saturated rings. The van der Waals surface area contributed by atoms with Gasteiger partial charge in [0.2, 0.25) is 10.0 Å². The minimum atomic E-state index is -3.48. The van der Waals surface area contributed by atoms with Crippen LogP contribution in [0, 0.1) is 0 Å². The minimum absolute atomic E-state index is 0.436. The Labute approximate surface area is 112 Å². The molecule has 0 aromatic heterocycles. The second-order valence-electron chi connectivity index (χ2n) is 3.67. The van der Waals surface area contributed by atoms with E-state index in [9.17, 15) is 8.42 Å². The first-order chi connectivity index (χ1) is 8.43. The summed E-state index contributed by atoms with van der Waals surface area (Å²) < 4.78 is 35.5. The standard InChI is InChI=1S/C11H16ClNO4S/c1-8(13-18(14,15)7-12)10-5-4-9(16-2)6-11(10)17-3/h4-6,8,13H,7H2,1-3H3. The number of hydrogen-bond donors (Lipinski definition) is 1. The van der Waals surface area contributed by atoms with E-state index in [0.717, 1.165) is 0 Å². The number of nitrogens with one attached hydrogen (secondary N) is 1. The fraction of sp³-hybridized carbons (Fsp3) is 0.455. The summed E-state index contributed by atoms with van der Waals surface area (Å²) in [7, 11) is -0.414. The highest BCUT2D eigenvalue weighted by Crippen LogP contribution is 2.29. The van der Waals surface area contributed by atoms with Gasteiger partial charge in [0, 0.05) is 17.7 Å². The van der Waals surface area contributed by atoms with E-state index in [4.69, 9.17) is 21.1 Å². The highest BCUT2D eigenvalue weighted by Gasteiger charge is 2.18. The molecule has 0 amide bonds. The van der Waals surface area contributed by atoms with E-state index in [1.165, 1.54) is 7.11 Å². The molecule has 102 valence electrons. The summed E-state index contributed by atoms with van der Waals surface area (Å²) in [5.74, 6) is 1.20. The minimum Gasteiger partial charge on any atom is -0.497 e. The van der Waals surface area contributed by atoms with Gasteiger partial charge in [0.15, 0.2) is 0 Å². The predicted molar refractivity (Wildman–Crippen MR) is 70.7 cm³/mol. The van der Waals surface area contributed by atoms with Crippen molar-refractivity contribution in [2.24, 2.45) is 0 Å². The third kappa shape index (κ3) is 3.76. The number of sulfonamides is 1. The highest BCUT2D eigenvalue weighted by molar-refractivity contribution is 7.90. The van der Waals surface area contributed by atoms with Gasteiger partial charge in [-0.15, -0.1) is 11.6 Å². The van der Waals surface area contributed by atoms with Gasteiger partial charge in [0.1, 0.15) is 16.7 Å². The van der Waals surface area contributed by atoms with Crippen LogP contribution in [0.25, 0.3) is 0 Å². The summed E-state index contributed by atoms with van der Waals surface area (Å²) >= 11 is 5.34. The Kier molecular flexibility index (Phi) is 5.25. The van der Waals surface area contributed by atoms with Crippen molar-refractivity contribution in [3.05, 3.63) is 23.8 Å². The van der Waals surface area contributed by atoms with Crippen molar-refractivity contribution in [3.63, 3.8) is 0 Å². The molecule has 0 aliphatic heterocycles. The van der Waals surface area contributed by atoms with Crippen LogP contribution in [-0.4, -0.2) is 27.8 Å². The summed E-state index contributed by atoms with van der Waals surface area (Å²) in [4.78, 5) is 0. The van der Waals surface area contributed by atoms with Crippen LogP contribution < -0.4 is 14.2 Å². The third-order valence-electron chi connectivity index (χ3n) is 2.41. The Bertz CT molecular complexity index is 504. The van der Waals surface area contributed by atoms with Gasteiger partial charge in [-0.25, -0.2) is 13.1 Å². The number of halogens is 1. The maximum Gasteiger partial charge on any atom is 0.226 e. The molecule has 0 bridgehead atoms. The molecule has 7 heteroatoms. The van der Waals surface area contributed by atoms with E-state index in [2.05, 4.69) is 4.72 Å². The lowest BCUT2D eigenvalue weighted by molar-refractivity contribution is 0.388.